The molecule has 0 aromatic heterocycles. The topological polar surface area (TPSA) is 23.8 Å². The van der Waals surface area contributed by atoms with Gasteiger partial charge in [-0.3, -0.25) is 0 Å². The normalized spacial score (nSPS) is 34.9. The lowest BCUT2D eigenvalue weighted by molar-refractivity contribution is 0.154. The highest BCUT2D eigenvalue weighted by atomic mass is 14.3. The lowest BCUT2D eigenvalue weighted by Gasteiger charge is -2.37. The van der Waals surface area contributed by atoms with Gasteiger partial charge in [0.1, 0.15) is 0 Å². The van der Waals surface area contributed by atoms with E-state index in [4.69, 9.17) is 5.26 Å². The van der Waals surface area contributed by atoms with Crippen LogP contribution in [-0.4, -0.2) is 0 Å². The summed E-state index contributed by atoms with van der Waals surface area (Å²) in [7, 11) is 0. The number of hydrogen-bond acceptors (Lipinski definition) is 1. The lowest BCUT2D eigenvalue weighted by atomic mass is 9.69. The first-order valence-corrected chi connectivity index (χ1v) is 8.23. The highest BCUT2D eigenvalue weighted by Crippen LogP contribution is 2.41. The van der Waals surface area contributed by atoms with Gasteiger partial charge in [-0.1, -0.05) is 38.5 Å². The van der Waals surface area contributed by atoms with Crippen LogP contribution in [0.15, 0.2) is 0 Å². The van der Waals surface area contributed by atoms with Gasteiger partial charge in [-0.15, -0.1) is 0 Å². The maximum atomic E-state index is 8.50. The minimum Gasteiger partial charge on any atom is -0.183 e. The molecule has 2 rings (SSSR count). The molecule has 2 aliphatic carbocycles. The van der Waals surface area contributed by atoms with Crippen molar-refractivity contribution >= 4 is 0 Å². The molecule has 0 unspecified atom stereocenters. The Labute approximate surface area is 118 Å². The van der Waals surface area contributed by atoms with E-state index in [-0.39, 0.29) is 0 Å². The molecule has 0 spiro atoms. The Bertz CT molecular complexity index is 351. The summed E-state index contributed by atoms with van der Waals surface area (Å²) in [5.41, 5.74) is 0. The molecule has 2 saturated carbocycles. The molecule has 0 radical (unpaired) electrons. The molecular weight excluding hydrogens is 230 g/mol. The second-order valence-corrected chi connectivity index (χ2v) is 6.56. The van der Waals surface area contributed by atoms with E-state index in [0.29, 0.717) is 5.92 Å². The van der Waals surface area contributed by atoms with Gasteiger partial charge in [-0.25, -0.2) is 0 Å². The molecule has 0 aromatic carbocycles. The fraction of sp³-hybridized carbons (Fsp3) is 0.833. The predicted molar refractivity (Wildman–Crippen MR) is 79.2 cm³/mol. The maximum Gasteiger partial charge on any atom is 0.152 e. The van der Waals surface area contributed by atoms with Crippen molar-refractivity contribution in [3.05, 3.63) is 0 Å². The zero-order chi connectivity index (χ0) is 13.5. The van der Waals surface area contributed by atoms with Crippen LogP contribution in [0.4, 0.5) is 0 Å². The van der Waals surface area contributed by atoms with Crippen LogP contribution in [0.3, 0.4) is 0 Å². The number of rotatable bonds is 3. The standard InChI is InChI=1S/C18H27N/c1-2-4-15-6-10-17(11-7-15)18-12-8-16(9-13-18)5-3-14-19/h15-18H,2,4,6-13H2,1H3/t15-,16-,17-,18-. The monoisotopic (exact) mass is 257 g/mol. The zero-order valence-electron chi connectivity index (χ0n) is 12.3. The van der Waals surface area contributed by atoms with Gasteiger partial charge < -0.3 is 0 Å². The van der Waals surface area contributed by atoms with Crippen molar-refractivity contribution in [2.24, 2.45) is 23.7 Å². The SMILES string of the molecule is CCC[C@H]1CC[C@H]([C@H]2CC[C@H](C#CC#N)CC2)CC1. The third-order valence-corrected chi connectivity index (χ3v) is 5.36. The molecule has 0 atom stereocenters. The molecule has 0 aromatic rings. The van der Waals surface area contributed by atoms with Gasteiger partial charge in [0.2, 0.25) is 0 Å². The minimum absolute atomic E-state index is 0.507. The first-order valence-electron chi connectivity index (χ1n) is 8.23. The van der Waals surface area contributed by atoms with E-state index < -0.39 is 0 Å². The lowest BCUT2D eigenvalue weighted by Crippen LogP contribution is -2.25. The Morgan fingerprint density at radius 3 is 2.00 bits per heavy atom. The summed E-state index contributed by atoms with van der Waals surface area (Å²) >= 11 is 0. The Hall–Kier alpha value is -0.950. The van der Waals surface area contributed by atoms with E-state index in [9.17, 15) is 0 Å². The molecule has 19 heavy (non-hydrogen) atoms. The number of nitriles is 1. The second kappa shape index (κ2) is 7.59. The van der Waals surface area contributed by atoms with Crippen LogP contribution in [0.25, 0.3) is 0 Å². The summed E-state index contributed by atoms with van der Waals surface area (Å²) in [6.45, 7) is 2.32. The molecule has 2 fully saturated rings. The summed E-state index contributed by atoms with van der Waals surface area (Å²) in [4.78, 5) is 0. The van der Waals surface area contributed by atoms with Gasteiger partial charge in [0.25, 0.3) is 0 Å². The third kappa shape index (κ3) is 4.28. The van der Waals surface area contributed by atoms with Crippen LogP contribution in [0.5, 0.6) is 0 Å². The van der Waals surface area contributed by atoms with Crippen molar-refractivity contribution in [2.45, 2.75) is 71.1 Å². The largest absolute Gasteiger partial charge is 0.183 e. The third-order valence-electron chi connectivity index (χ3n) is 5.36. The molecule has 0 saturated heterocycles. The highest BCUT2D eigenvalue weighted by molar-refractivity contribution is 5.18. The Morgan fingerprint density at radius 2 is 1.47 bits per heavy atom. The van der Waals surface area contributed by atoms with Crippen LogP contribution in [-0.2, 0) is 0 Å². The van der Waals surface area contributed by atoms with E-state index in [1.165, 1.54) is 64.2 Å². The first-order chi connectivity index (χ1) is 9.33. The van der Waals surface area contributed by atoms with Crippen LogP contribution >= 0.6 is 0 Å². The van der Waals surface area contributed by atoms with Crippen molar-refractivity contribution in [1.29, 1.82) is 5.26 Å². The molecule has 2 aliphatic rings. The van der Waals surface area contributed by atoms with Gasteiger partial charge in [-0.05, 0) is 56.3 Å². The Morgan fingerprint density at radius 1 is 0.895 bits per heavy atom. The van der Waals surface area contributed by atoms with Crippen molar-refractivity contribution < 1.29 is 0 Å². The van der Waals surface area contributed by atoms with Crippen LogP contribution in [0, 0.1) is 46.8 Å². The molecule has 0 N–H and O–H groups in total. The zero-order valence-corrected chi connectivity index (χ0v) is 12.3. The molecule has 104 valence electrons. The molecular formula is C18H27N. The van der Waals surface area contributed by atoms with Crippen molar-refractivity contribution in [3.8, 4) is 17.9 Å². The van der Waals surface area contributed by atoms with Crippen molar-refractivity contribution in [2.75, 3.05) is 0 Å². The summed E-state index contributed by atoms with van der Waals surface area (Å²) in [6, 6.07) is 1.95. The van der Waals surface area contributed by atoms with Crippen molar-refractivity contribution in [1.82, 2.24) is 0 Å². The summed E-state index contributed by atoms with van der Waals surface area (Å²) < 4.78 is 0. The molecule has 1 nitrogen and oxygen atoms in total. The molecule has 0 bridgehead atoms. The Balaban J connectivity index is 1.72. The Kier molecular flexibility index (Phi) is 5.78. The van der Waals surface area contributed by atoms with E-state index in [1.54, 1.807) is 0 Å². The van der Waals surface area contributed by atoms with Gasteiger partial charge in [-0.2, -0.15) is 5.26 Å². The fourth-order valence-corrected chi connectivity index (χ4v) is 4.23. The quantitative estimate of drug-likeness (QED) is 0.658. The van der Waals surface area contributed by atoms with Crippen LogP contribution in [0.1, 0.15) is 71.1 Å². The van der Waals surface area contributed by atoms with Gasteiger partial charge in [0.15, 0.2) is 6.07 Å². The molecule has 1 heteroatoms. The van der Waals surface area contributed by atoms with Crippen molar-refractivity contribution in [3.63, 3.8) is 0 Å². The molecule has 0 heterocycles. The highest BCUT2D eigenvalue weighted by Gasteiger charge is 2.30. The van der Waals surface area contributed by atoms with E-state index in [2.05, 4.69) is 18.8 Å². The van der Waals surface area contributed by atoms with Gasteiger partial charge in [0, 0.05) is 11.8 Å². The average Bonchev–Trinajstić information content (AvgIpc) is 2.47. The van der Waals surface area contributed by atoms with Crippen LogP contribution in [0.2, 0.25) is 0 Å². The summed E-state index contributed by atoms with van der Waals surface area (Å²) in [5, 5.41) is 8.50. The van der Waals surface area contributed by atoms with E-state index in [0.717, 1.165) is 17.8 Å². The minimum atomic E-state index is 0.507. The van der Waals surface area contributed by atoms with E-state index in [1.807, 2.05) is 6.07 Å². The molecule has 0 amide bonds. The maximum absolute atomic E-state index is 8.50. The molecule has 0 aliphatic heterocycles. The average molecular weight is 257 g/mol. The summed E-state index contributed by atoms with van der Waals surface area (Å²) in [6.07, 6.45) is 13.9. The van der Waals surface area contributed by atoms with Crippen LogP contribution < -0.4 is 0 Å². The first kappa shape index (κ1) is 14.5. The van der Waals surface area contributed by atoms with E-state index >= 15 is 0 Å². The smallest absolute Gasteiger partial charge is 0.152 e. The predicted octanol–water partition coefficient (Wildman–Crippen LogP) is 4.93. The summed E-state index contributed by atoms with van der Waals surface area (Å²) in [5.74, 6) is 9.19. The van der Waals surface area contributed by atoms with Gasteiger partial charge in [0.05, 0.1) is 0 Å². The van der Waals surface area contributed by atoms with Gasteiger partial charge >= 0.3 is 0 Å². The second-order valence-electron chi connectivity index (χ2n) is 6.56. The number of nitrogens with zero attached hydrogens (tertiary/aromatic N) is 1. The fourth-order valence-electron chi connectivity index (χ4n) is 4.23. The number of hydrogen-bond donors (Lipinski definition) is 0.